The summed E-state index contributed by atoms with van der Waals surface area (Å²) >= 11 is 0. The summed E-state index contributed by atoms with van der Waals surface area (Å²) < 4.78 is 14.1. The fourth-order valence-corrected chi connectivity index (χ4v) is 0.493. The van der Waals surface area contributed by atoms with Crippen LogP contribution in [0, 0.1) is 11.3 Å². The van der Waals surface area contributed by atoms with Gasteiger partial charge in [0.2, 0.25) is 0 Å². The molecule has 1 atom stereocenters. The van der Waals surface area contributed by atoms with Crippen molar-refractivity contribution in [2.45, 2.75) is 12.8 Å². The summed E-state index contributed by atoms with van der Waals surface area (Å²) in [4.78, 5) is 0. The second-order valence-corrected chi connectivity index (χ2v) is 1.65. The first-order chi connectivity index (χ1) is 3.91. The van der Waals surface area contributed by atoms with Crippen molar-refractivity contribution in [2.75, 3.05) is 6.61 Å². The average molecular weight is 132 g/mol. The normalized spacial score (nSPS) is 8.88. The SMILES string of the molecule is N#CCCCO[PH+]=O. The van der Waals surface area contributed by atoms with Gasteiger partial charge in [-0.15, -0.1) is 4.52 Å². The van der Waals surface area contributed by atoms with E-state index in [9.17, 15) is 4.57 Å². The molecule has 0 aromatic carbocycles. The minimum Gasteiger partial charge on any atom is -0.198 e. The fraction of sp³-hybridized carbons (Fsp3) is 0.750. The van der Waals surface area contributed by atoms with Crippen molar-refractivity contribution in [1.29, 1.82) is 5.26 Å². The van der Waals surface area contributed by atoms with E-state index in [1.807, 2.05) is 6.07 Å². The van der Waals surface area contributed by atoms with Gasteiger partial charge in [0.15, 0.2) is 0 Å². The summed E-state index contributed by atoms with van der Waals surface area (Å²) in [6, 6.07) is 1.95. The molecule has 0 aliphatic carbocycles. The molecule has 0 saturated carbocycles. The minimum atomic E-state index is -0.690. The molecule has 0 heterocycles. The predicted octanol–water partition coefficient (Wildman–Crippen LogP) is 1.25. The zero-order valence-electron chi connectivity index (χ0n) is 4.39. The van der Waals surface area contributed by atoms with E-state index in [0.29, 0.717) is 19.4 Å². The van der Waals surface area contributed by atoms with Gasteiger partial charge in [0, 0.05) is 6.42 Å². The van der Waals surface area contributed by atoms with E-state index in [2.05, 4.69) is 4.52 Å². The second kappa shape index (κ2) is 6.55. The Morgan fingerprint density at radius 3 is 3.00 bits per heavy atom. The van der Waals surface area contributed by atoms with Gasteiger partial charge in [0.25, 0.3) is 0 Å². The molecule has 3 nitrogen and oxygen atoms in total. The maximum absolute atomic E-state index is 9.62. The highest BCUT2D eigenvalue weighted by Crippen LogP contribution is 1.96. The van der Waals surface area contributed by atoms with Gasteiger partial charge < -0.3 is 0 Å². The van der Waals surface area contributed by atoms with Crippen LogP contribution in [0.4, 0.5) is 0 Å². The molecule has 0 rings (SSSR count). The van der Waals surface area contributed by atoms with Gasteiger partial charge in [0.1, 0.15) is 6.61 Å². The average Bonchev–Trinajstić information content (AvgIpc) is 1.81. The predicted molar refractivity (Wildman–Crippen MR) is 29.8 cm³/mol. The molecule has 0 N–H and O–H groups in total. The highest BCUT2D eigenvalue weighted by molar-refractivity contribution is 7.17. The molecule has 0 spiro atoms. The zero-order valence-corrected chi connectivity index (χ0v) is 5.39. The Balaban J connectivity index is 2.74. The molecule has 0 bridgehead atoms. The van der Waals surface area contributed by atoms with Crippen molar-refractivity contribution < 1.29 is 9.09 Å². The van der Waals surface area contributed by atoms with E-state index in [-0.39, 0.29) is 0 Å². The number of unbranched alkanes of at least 4 members (excludes halogenated alkanes) is 1. The molecule has 0 amide bonds. The minimum absolute atomic E-state index is 0.426. The first kappa shape index (κ1) is 7.55. The van der Waals surface area contributed by atoms with Crippen LogP contribution in [0.15, 0.2) is 0 Å². The van der Waals surface area contributed by atoms with E-state index >= 15 is 0 Å². The van der Waals surface area contributed by atoms with Gasteiger partial charge in [0.05, 0.1) is 6.07 Å². The van der Waals surface area contributed by atoms with Gasteiger partial charge in [-0.05, 0) is 11.0 Å². The molecule has 8 heavy (non-hydrogen) atoms. The molecule has 0 aliphatic rings. The summed E-state index contributed by atoms with van der Waals surface area (Å²) in [7, 11) is -0.690. The van der Waals surface area contributed by atoms with Crippen LogP contribution in [0.2, 0.25) is 0 Å². The maximum Gasteiger partial charge on any atom is 0.494 e. The standard InChI is InChI=1S/C4H7NO2P/c5-3-1-2-4-7-8-6/h8H,1-2,4H2/q+1. The van der Waals surface area contributed by atoms with Crippen molar-refractivity contribution in [3.63, 3.8) is 0 Å². The Labute approximate surface area is 49.5 Å². The smallest absolute Gasteiger partial charge is 0.198 e. The lowest BCUT2D eigenvalue weighted by atomic mass is 10.4. The van der Waals surface area contributed by atoms with E-state index in [1.54, 1.807) is 0 Å². The first-order valence-corrected chi connectivity index (χ1v) is 3.09. The molecule has 0 fully saturated rings. The number of nitriles is 1. The van der Waals surface area contributed by atoms with Gasteiger partial charge in [-0.2, -0.15) is 5.26 Å². The van der Waals surface area contributed by atoms with Crippen molar-refractivity contribution >= 4 is 8.69 Å². The maximum atomic E-state index is 9.62. The quantitative estimate of drug-likeness (QED) is 0.427. The molecule has 0 aromatic rings. The molecule has 1 unspecified atom stereocenters. The van der Waals surface area contributed by atoms with Crippen LogP contribution >= 0.6 is 8.69 Å². The molecule has 44 valence electrons. The molecule has 0 aromatic heterocycles. The van der Waals surface area contributed by atoms with Crippen molar-refractivity contribution in [2.24, 2.45) is 0 Å². The van der Waals surface area contributed by atoms with Gasteiger partial charge >= 0.3 is 8.69 Å². The third-order valence-corrected chi connectivity index (χ3v) is 0.916. The Kier molecular flexibility index (Phi) is 6.18. The summed E-state index contributed by atoms with van der Waals surface area (Å²) in [6.07, 6.45) is 1.15. The van der Waals surface area contributed by atoms with Crippen LogP contribution in [0.5, 0.6) is 0 Å². The van der Waals surface area contributed by atoms with E-state index in [0.717, 1.165) is 0 Å². The fourth-order valence-electron chi connectivity index (χ4n) is 0.265. The largest absolute Gasteiger partial charge is 0.494 e. The van der Waals surface area contributed by atoms with Crippen molar-refractivity contribution in [1.82, 2.24) is 0 Å². The number of rotatable bonds is 4. The highest BCUT2D eigenvalue weighted by atomic mass is 31.1. The lowest BCUT2D eigenvalue weighted by Crippen LogP contribution is -1.80. The van der Waals surface area contributed by atoms with Crippen molar-refractivity contribution in [3.05, 3.63) is 0 Å². The Morgan fingerprint density at radius 1 is 1.75 bits per heavy atom. The molecular weight excluding hydrogens is 125 g/mol. The van der Waals surface area contributed by atoms with Crippen LogP contribution in [-0.4, -0.2) is 6.61 Å². The van der Waals surface area contributed by atoms with Crippen LogP contribution in [-0.2, 0) is 9.09 Å². The van der Waals surface area contributed by atoms with Crippen LogP contribution in [0.1, 0.15) is 12.8 Å². The first-order valence-electron chi connectivity index (χ1n) is 2.27. The number of hydrogen-bond donors (Lipinski definition) is 0. The zero-order chi connectivity index (χ0) is 6.24. The topological polar surface area (TPSA) is 50.1 Å². The van der Waals surface area contributed by atoms with E-state index < -0.39 is 8.69 Å². The van der Waals surface area contributed by atoms with Crippen molar-refractivity contribution in [3.8, 4) is 6.07 Å². The summed E-state index contributed by atoms with van der Waals surface area (Å²) in [5.41, 5.74) is 0. The Bertz CT molecular complexity index is 98.7. The number of hydrogen-bond acceptors (Lipinski definition) is 3. The van der Waals surface area contributed by atoms with E-state index in [1.165, 1.54) is 0 Å². The van der Waals surface area contributed by atoms with Gasteiger partial charge in [-0.1, -0.05) is 0 Å². The second-order valence-electron chi connectivity index (χ2n) is 1.19. The van der Waals surface area contributed by atoms with Gasteiger partial charge in [-0.25, -0.2) is 0 Å². The van der Waals surface area contributed by atoms with Crippen LogP contribution in [0.3, 0.4) is 0 Å². The van der Waals surface area contributed by atoms with Crippen LogP contribution in [0.25, 0.3) is 0 Å². The van der Waals surface area contributed by atoms with E-state index in [4.69, 9.17) is 5.26 Å². The summed E-state index contributed by atoms with van der Waals surface area (Å²) in [5, 5.41) is 7.98. The summed E-state index contributed by atoms with van der Waals surface area (Å²) in [5.74, 6) is 0. The van der Waals surface area contributed by atoms with Crippen LogP contribution < -0.4 is 0 Å². The monoisotopic (exact) mass is 132 g/mol. The van der Waals surface area contributed by atoms with Gasteiger partial charge in [-0.3, -0.25) is 0 Å². The summed E-state index contributed by atoms with van der Waals surface area (Å²) in [6.45, 7) is 0.426. The molecule has 0 aliphatic heterocycles. The third kappa shape index (κ3) is 5.55. The molecule has 4 heteroatoms. The lowest BCUT2D eigenvalue weighted by Gasteiger charge is -1.80. The highest BCUT2D eigenvalue weighted by Gasteiger charge is 1.89. The number of nitrogens with zero attached hydrogens (tertiary/aromatic N) is 1. The Hall–Kier alpha value is -0.450. The molecule has 0 radical (unpaired) electrons. The lowest BCUT2D eigenvalue weighted by molar-refractivity contribution is 0.337. The molecular formula is C4H7NO2P+. The molecule has 0 saturated heterocycles. The Morgan fingerprint density at radius 2 is 2.50 bits per heavy atom. The third-order valence-electron chi connectivity index (χ3n) is 0.594.